The van der Waals surface area contributed by atoms with Crippen molar-refractivity contribution in [1.29, 1.82) is 0 Å². The number of aliphatic hydroxyl groups excluding tert-OH is 2. The lowest BCUT2D eigenvalue weighted by atomic mass is 9.89. The predicted octanol–water partition coefficient (Wildman–Crippen LogP) is 3.92. The maximum atomic E-state index is 10.2. The van der Waals surface area contributed by atoms with Gasteiger partial charge in [-0.3, -0.25) is 0 Å². The summed E-state index contributed by atoms with van der Waals surface area (Å²) in [7, 11) is 0. The molecule has 1 unspecified atom stereocenters. The van der Waals surface area contributed by atoms with Crippen molar-refractivity contribution in [2.24, 2.45) is 23.7 Å². The van der Waals surface area contributed by atoms with Crippen molar-refractivity contribution in [3.05, 3.63) is 12.2 Å². The predicted molar refractivity (Wildman–Crippen MR) is 83.4 cm³/mol. The van der Waals surface area contributed by atoms with E-state index in [9.17, 15) is 5.11 Å². The van der Waals surface area contributed by atoms with Gasteiger partial charge in [0.1, 0.15) is 0 Å². The Morgan fingerprint density at radius 3 is 2.70 bits per heavy atom. The van der Waals surface area contributed by atoms with E-state index >= 15 is 0 Å². The van der Waals surface area contributed by atoms with Crippen molar-refractivity contribution in [2.75, 3.05) is 6.61 Å². The minimum atomic E-state index is -0.0894. The highest BCUT2D eigenvalue weighted by Crippen LogP contribution is 2.51. The molecule has 116 valence electrons. The van der Waals surface area contributed by atoms with Gasteiger partial charge in [-0.25, -0.2) is 0 Å². The van der Waals surface area contributed by atoms with E-state index in [1.54, 1.807) is 0 Å². The van der Waals surface area contributed by atoms with Gasteiger partial charge in [0.25, 0.3) is 0 Å². The van der Waals surface area contributed by atoms with Gasteiger partial charge in [0.05, 0.1) is 6.10 Å². The molecule has 2 nitrogen and oxygen atoms in total. The van der Waals surface area contributed by atoms with Crippen molar-refractivity contribution in [3.8, 4) is 0 Å². The zero-order chi connectivity index (χ0) is 14.4. The van der Waals surface area contributed by atoms with Crippen LogP contribution >= 0.6 is 0 Å². The third-order valence-electron chi connectivity index (χ3n) is 5.41. The molecule has 0 saturated heterocycles. The highest BCUT2D eigenvalue weighted by atomic mass is 16.3. The molecule has 2 heteroatoms. The van der Waals surface area contributed by atoms with Gasteiger partial charge in [0.2, 0.25) is 0 Å². The fraction of sp³-hybridized carbons (Fsp3) is 0.889. The van der Waals surface area contributed by atoms with Gasteiger partial charge in [-0.2, -0.15) is 0 Å². The molecule has 0 heterocycles. The Morgan fingerprint density at radius 1 is 1.10 bits per heavy atom. The molecule has 0 bridgehead atoms. The highest BCUT2D eigenvalue weighted by molar-refractivity contribution is 5.05. The molecule has 2 N–H and O–H groups in total. The number of allylic oxidation sites excluding steroid dienone is 1. The first kappa shape index (κ1) is 16.0. The van der Waals surface area contributed by atoms with Crippen LogP contribution in [0.2, 0.25) is 0 Å². The van der Waals surface area contributed by atoms with E-state index in [0.29, 0.717) is 12.5 Å². The van der Waals surface area contributed by atoms with Crippen LogP contribution in [0.5, 0.6) is 0 Å². The SMILES string of the molecule is CCC/C=C/[C@@H]1[C@H]2CC(CCCCCO)C[C@H]2C[C@H]1O. The maximum Gasteiger partial charge on any atom is 0.0608 e. The van der Waals surface area contributed by atoms with Crippen molar-refractivity contribution in [3.63, 3.8) is 0 Å². The van der Waals surface area contributed by atoms with Gasteiger partial charge in [0.15, 0.2) is 0 Å². The standard InChI is InChI=1S/C18H32O2/c1-2-3-5-9-16-17-12-14(8-6-4-7-10-19)11-15(17)13-18(16)20/h5,9,14-20H,2-4,6-8,10-13H2,1H3/b9-5+/t14?,15-,16+,17-,18+/m0/s1. The summed E-state index contributed by atoms with van der Waals surface area (Å²) >= 11 is 0. The highest BCUT2D eigenvalue weighted by Gasteiger charge is 2.46. The van der Waals surface area contributed by atoms with Gasteiger partial charge in [0, 0.05) is 12.5 Å². The molecule has 2 saturated carbocycles. The molecule has 0 aliphatic heterocycles. The average molecular weight is 280 g/mol. The maximum absolute atomic E-state index is 10.2. The number of unbranched alkanes of at least 4 members (excludes halogenated alkanes) is 3. The van der Waals surface area contributed by atoms with Gasteiger partial charge in [-0.05, 0) is 49.9 Å². The van der Waals surface area contributed by atoms with Crippen molar-refractivity contribution < 1.29 is 10.2 Å². The Hall–Kier alpha value is -0.340. The molecular formula is C18H32O2. The first-order chi connectivity index (χ1) is 9.76. The molecule has 0 radical (unpaired) electrons. The van der Waals surface area contributed by atoms with Crippen LogP contribution in [0.4, 0.5) is 0 Å². The third-order valence-corrected chi connectivity index (χ3v) is 5.41. The molecule has 0 aromatic heterocycles. The van der Waals surface area contributed by atoms with Gasteiger partial charge < -0.3 is 10.2 Å². The Balaban J connectivity index is 1.78. The summed E-state index contributed by atoms with van der Waals surface area (Å²) < 4.78 is 0. The number of rotatable bonds is 8. The summed E-state index contributed by atoms with van der Waals surface area (Å²) in [5.74, 6) is 2.80. The fourth-order valence-corrected chi connectivity index (χ4v) is 4.42. The van der Waals surface area contributed by atoms with E-state index in [-0.39, 0.29) is 6.10 Å². The molecule has 20 heavy (non-hydrogen) atoms. The van der Waals surface area contributed by atoms with Crippen LogP contribution in [-0.4, -0.2) is 22.9 Å². The summed E-state index contributed by atoms with van der Waals surface area (Å²) in [5.41, 5.74) is 0. The molecule has 2 aliphatic carbocycles. The topological polar surface area (TPSA) is 40.5 Å². The summed E-state index contributed by atoms with van der Waals surface area (Å²) in [4.78, 5) is 0. The summed E-state index contributed by atoms with van der Waals surface area (Å²) in [6, 6.07) is 0. The van der Waals surface area contributed by atoms with E-state index in [2.05, 4.69) is 19.1 Å². The molecule has 2 fully saturated rings. The van der Waals surface area contributed by atoms with Crippen LogP contribution in [0.15, 0.2) is 12.2 Å². The minimum absolute atomic E-state index is 0.0894. The lowest BCUT2D eigenvalue weighted by Gasteiger charge is -2.18. The summed E-state index contributed by atoms with van der Waals surface area (Å²) in [6.07, 6.45) is 15.3. The van der Waals surface area contributed by atoms with Crippen LogP contribution in [-0.2, 0) is 0 Å². The van der Waals surface area contributed by atoms with Gasteiger partial charge >= 0.3 is 0 Å². The molecule has 2 aliphatic rings. The second-order valence-corrected chi connectivity index (χ2v) is 6.93. The second kappa shape index (κ2) is 8.19. The van der Waals surface area contributed by atoms with Crippen LogP contribution < -0.4 is 0 Å². The number of hydrogen-bond donors (Lipinski definition) is 2. The summed E-state index contributed by atoms with van der Waals surface area (Å²) in [6.45, 7) is 2.54. The Kier molecular flexibility index (Phi) is 6.57. The molecule has 5 atom stereocenters. The zero-order valence-electron chi connectivity index (χ0n) is 13.0. The molecule has 0 amide bonds. The molecule has 0 aromatic carbocycles. The van der Waals surface area contributed by atoms with Crippen LogP contribution in [0.1, 0.15) is 64.7 Å². The smallest absolute Gasteiger partial charge is 0.0608 e. The number of aliphatic hydroxyl groups is 2. The lowest BCUT2D eigenvalue weighted by Crippen LogP contribution is -2.17. The van der Waals surface area contributed by atoms with Gasteiger partial charge in [-0.1, -0.05) is 44.8 Å². The first-order valence-electron chi connectivity index (χ1n) is 8.71. The zero-order valence-corrected chi connectivity index (χ0v) is 13.0. The molecular weight excluding hydrogens is 248 g/mol. The van der Waals surface area contributed by atoms with Crippen molar-refractivity contribution in [1.82, 2.24) is 0 Å². The summed E-state index contributed by atoms with van der Waals surface area (Å²) in [5, 5.41) is 19.1. The van der Waals surface area contributed by atoms with E-state index < -0.39 is 0 Å². The van der Waals surface area contributed by atoms with E-state index in [1.165, 1.54) is 38.5 Å². The largest absolute Gasteiger partial charge is 0.396 e. The van der Waals surface area contributed by atoms with E-state index in [4.69, 9.17) is 5.11 Å². The van der Waals surface area contributed by atoms with E-state index in [0.717, 1.165) is 37.0 Å². The molecule has 0 spiro atoms. The second-order valence-electron chi connectivity index (χ2n) is 6.93. The number of hydrogen-bond acceptors (Lipinski definition) is 2. The van der Waals surface area contributed by atoms with Crippen molar-refractivity contribution in [2.45, 2.75) is 70.8 Å². The normalized spacial score (nSPS) is 36.9. The Labute approximate surface area is 124 Å². The average Bonchev–Trinajstić information content (AvgIpc) is 2.94. The van der Waals surface area contributed by atoms with E-state index in [1.807, 2.05) is 0 Å². The Morgan fingerprint density at radius 2 is 1.95 bits per heavy atom. The molecule has 2 rings (SSSR count). The molecule has 0 aromatic rings. The van der Waals surface area contributed by atoms with Crippen LogP contribution in [0.25, 0.3) is 0 Å². The third kappa shape index (κ3) is 4.08. The lowest BCUT2D eigenvalue weighted by molar-refractivity contribution is 0.134. The Bertz CT molecular complexity index is 300. The van der Waals surface area contributed by atoms with Gasteiger partial charge in [-0.15, -0.1) is 0 Å². The minimum Gasteiger partial charge on any atom is -0.396 e. The first-order valence-corrected chi connectivity index (χ1v) is 8.71. The van der Waals surface area contributed by atoms with Crippen LogP contribution in [0, 0.1) is 23.7 Å². The van der Waals surface area contributed by atoms with Crippen molar-refractivity contribution >= 4 is 0 Å². The van der Waals surface area contributed by atoms with Crippen LogP contribution in [0.3, 0.4) is 0 Å². The fourth-order valence-electron chi connectivity index (χ4n) is 4.42. The monoisotopic (exact) mass is 280 g/mol. The number of fused-ring (bicyclic) bond motifs is 1. The quantitative estimate of drug-likeness (QED) is 0.522.